The van der Waals surface area contributed by atoms with E-state index in [1.807, 2.05) is 11.3 Å². The molecule has 2 unspecified atom stereocenters. The van der Waals surface area contributed by atoms with Gasteiger partial charge in [-0.3, -0.25) is 0 Å². The van der Waals surface area contributed by atoms with Gasteiger partial charge in [-0.1, -0.05) is 26.7 Å². The predicted molar refractivity (Wildman–Crippen MR) is 91.2 cm³/mol. The molecular weight excluding hydrogens is 278 g/mol. The summed E-state index contributed by atoms with van der Waals surface area (Å²) in [5.74, 6) is 1.90. The average molecular weight is 308 g/mol. The lowest BCUT2D eigenvalue weighted by molar-refractivity contribution is 0.494. The third-order valence-corrected chi connectivity index (χ3v) is 6.12. The van der Waals surface area contributed by atoms with Gasteiger partial charge in [-0.25, -0.2) is 4.98 Å². The zero-order valence-electron chi connectivity index (χ0n) is 13.5. The van der Waals surface area contributed by atoms with Crippen molar-refractivity contribution in [1.29, 1.82) is 0 Å². The van der Waals surface area contributed by atoms with Crippen molar-refractivity contribution >= 4 is 16.5 Å². The number of thiazole rings is 1. The van der Waals surface area contributed by atoms with Crippen molar-refractivity contribution in [2.45, 2.75) is 58.9 Å². The average Bonchev–Trinajstić information content (AvgIpc) is 3.13. The fraction of sp³-hybridized carbons (Fsp3) is 0.824. The lowest BCUT2D eigenvalue weighted by Gasteiger charge is -2.15. The Kier molecular flexibility index (Phi) is 5.17. The van der Waals surface area contributed by atoms with E-state index in [0.29, 0.717) is 0 Å². The number of anilines is 1. The molecule has 4 heteroatoms. The van der Waals surface area contributed by atoms with E-state index >= 15 is 0 Å². The van der Waals surface area contributed by atoms with Crippen LogP contribution in [-0.4, -0.2) is 24.6 Å². The number of rotatable bonds is 7. The fourth-order valence-electron chi connectivity index (χ4n) is 3.85. The molecule has 0 radical (unpaired) electrons. The Balaban J connectivity index is 1.68. The summed E-state index contributed by atoms with van der Waals surface area (Å²) in [4.78, 5) is 9.03. The maximum Gasteiger partial charge on any atom is 0.185 e. The first-order valence-corrected chi connectivity index (χ1v) is 9.57. The predicted octanol–water partition coefficient (Wildman–Crippen LogP) is 3.83. The Hall–Kier alpha value is -0.610. The third kappa shape index (κ3) is 3.42. The summed E-state index contributed by atoms with van der Waals surface area (Å²) < 4.78 is 0. The highest BCUT2D eigenvalue weighted by atomic mass is 32.1. The number of aryl methyl sites for hydroxylation is 1. The van der Waals surface area contributed by atoms with E-state index in [4.69, 9.17) is 4.98 Å². The first-order valence-electron chi connectivity index (χ1n) is 8.76. The maximum atomic E-state index is 4.99. The minimum absolute atomic E-state index is 0.949. The van der Waals surface area contributed by atoms with Crippen molar-refractivity contribution < 1.29 is 0 Å². The second kappa shape index (κ2) is 7.10. The lowest BCUT2D eigenvalue weighted by Crippen LogP contribution is -2.20. The van der Waals surface area contributed by atoms with Crippen molar-refractivity contribution in [3.05, 3.63) is 10.6 Å². The summed E-state index contributed by atoms with van der Waals surface area (Å²) in [5.41, 5.74) is 1.35. The van der Waals surface area contributed by atoms with Crippen LogP contribution in [0.2, 0.25) is 0 Å². The molecule has 0 bridgehead atoms. The van der Waals surface area contributed by atoms with E-state index in [0.717, 1.165) is 31.3 Å². The standard InChI is InChI=1S/C17H29N3S/c1-3-6-15-16(10-18-9-4-2)21-17(19-15)20-11-13-7-5-8-14(13)12-20/h13-14,18H,3-12H2,1-2H3. The third-order valence-electron chi connectivity index (χ3n) is 4.96. The Bertz CT molecular complexity index is 445. The van der Waals surface area contributed by atoms with Crippen LogP contribution in [0.15, 0.2) is 0 Å². The molecule has 0 spiro atoms. The molecule has 1 saturated carbocycles. The highest BCUT2D eigenvalue weighted by molar-refractivity contribution is 7.15. The van der Waals surface area contributed by atoms with E-state index in [1.54, 1.807) is 0 Å². The van der Waals surface area contributed by atoms with Gasteiger partial charge in [-0.2, -0.15) is 0 Å². The van der Waals surface area contributed by atoms with Crippen molar-refractivity contribution in [1.82, 2.24) is 10.3 Å². The molecule has 118 valence electrons. The summed E-state index contributed by atoms with van der Waals surface area (Å²) in [6, 6.07) is 0. The summed E-state index contributed by atoms with van der Waals surface area (Å²) in [6.07, 6.45) is 7.85. The molecule has 1 aromatic rings. The Morgan fingerprint density at radius 2 is 1.95 bits per heavy atom. The first kappa shape index (κ1) is 15.3. The molecule has 3 nitrogen and oxygen atoms in total. The number of hydrogen-bond donors (Lipinski definition) is 1. The van der Waals surface area contributed by atoms with Crippen molar-refractivity contribution in [3.63, 3.8) is 0 Å². The van der Waals surface area contributed by atoms with Crippen molar-refractivity contribution in [2.75, 3.05) is 24.5 Å². The van der Waals surface area contributed by atoms with Gasteiger partial charge in [0.25, 0.3) is 0 Å². The topological polar surface area (TPSA) is 28.2 Å². The smallest absolute Gasteiger partial charge is 0.185 e. The monoisotopic (exact) mass is 307 g/mol. The van der Waals surface area contributed by atoms with Gasteiger partial charge in [0, 0.05) is 24.5 Å². The van der Waals surface area contributed by atoms with E-state index in [-0.39, 0.29) is 0 Å². The van der Waals surface area contributed by atoms with Gasteiger partial charge in [0.1, 0.15) is 0 Å². The van der Waals surface area contributed by atoms with Gasteiger partial charge in [0.05, 0.1) is 5.69 Å². The summed E-state index contributed by atoms with van der Waals surface area (Å²) >= 11 is 1.94. The largest absolute Gasteiger partial charge is 0.348 e. The molecule has 0 aromatic carbocycles. The first-order chi connectivity index (χ1) is 10.3. The molecule has 1 aromatic heterocycles. The second-order valence-corrected chi connectivity index (χ2v) is 7.71. The Morgan fingerprint density at radius 3 is 2.62 bits per heavy atom. The Morgan fingerprint density at radius 1 is 1.19 bits per heavy atom. The van der Waals surface area contributed by atoms with Crippen LogP contribution in [0.4, 0.5) is 5.13 Å². The molecular formula is C17H29N3S. The second-order valence-electron chi connectivity index (χ2n) is 6.65. The number of nitrogens with zero attached hydrogens (tertiary/aromatic N) is 2. The minimum atomic E-state index is 0.949. The zero-order valence-corrected chi connectivity index (χ0v) is 14.3. The normalized spacial score (nSPS) is 24.8. The molecule has 2 aliphatic rings. The molecule has 21 heavy (non-hydrogen) atoms. The lowest BCUT2D eigenvalue weighted by atomic mass is 10.0. The van der Waals surface area contributed by atoms with Crippen LogP contribution in [0.1, 0.15) is 56.5 Å². The van der Waals surface area contributed by atoms with Crippen LogP contribution in [0.25, 0.3) is 0 Å². The molecule has 1 N–H and O–H groups in total. The van der Waals surface area contributed by atoms with Gasteiger partial charge in [-0.15, -0.1) is 11.3 Å². The van der Waals surface area contributed by atoms with Gasteiger partial charge >= 0.3 is 0 Å². The molecule has 2 atom stereocenters. The molecule has 1 aliphatic heterocycles. The van der Waals surface area contributed by atoms with Crippen LogP contribution in [0, 0.1) is 11.8 Å². The van der Waals surface area contributed by atoms with E-state index in [1.165, 1.54) is 60.9 Å². The van der Waals surface area contributed by atoms with Crippen molar-refractivity contribution in [2.24, 2.45) is 11.8 Å². The highest BCUT2D eigenvalue weighted by Gasteiger charge is 2.37. The summed E-state index contributed by atoms with van der Waals surface area (Å²) in [5, 5.41) is 4.84. The number of aromatic nitrogens is 1. The molecule has 0 amide bonds. The molecule has 3 rings (SSSR count). The van der Waals surface area contributed by atoms with Crippen LogP contribution in [-0.2, 0) is 13.0 Å². The summed E-state index contributed by atoms with van der Waals surface area (Å²) in [7, 11) is 0. The van der Waals surface area contributed by atoms with Crippen LogP contribution in [0.3, 0.4) is 0 Å². The van der Waals surface area contributed by atoms with Crippen LogP contribution < -0.4 is 10.2 Å². The molecule has 1 saturated heterocycles. The van der Waals surface area contributed by atoms with Gasteiger partial charge < -0.3 is 10.2 Å². The van der Waals surface area contributed by atoms with Gasteiger partial charge in [0.2, 0.25) is 0 Å². The summed E-state index contributed by atoms with van der Waals surface area (Å²) in [6.45, 7) is 9.09. The molecule has 2 heterocycles. The number of fused-ring (bicyclic) bond motifs is 1. The highest BCUT2D eigenvalue weighted by Crippen LogP contribution is 2.41. The van der Waals surface area contributed by atoms with Crippen LogP contribution >= 0.6 is 11.3 Å². The minimum Gasteiger partial charge on any atom is -0.348 e. The van der Waals surface area contributed by atoms with E-state index < -0.39 is 0 Å². The molecule has 2 fully saturated rings. The van der Waals surface area contributed by atoms with Crippen molar-refractivity contribution in [3.8, 4) is 0 Å². The zero-order chi connectivity index (χ0) is 14.7. The van der Waals surface area contributed by atoms with Gasteiger partial charge in [-0.05, 0) is 44.1 Å². The molecule has 1 aliphatic carbocycles. The maximum absolute atomic E-state index is 4.99. The fourth-order valence-corrected chi connectivity index (χ4v) is 4.94. The van der Waals surface area contributed by atoms with Crippen LogP contribution in [0.5, 0.6) is 0 Å². The van der Waals surface area contributed by atoms with E-state index in [2.05, 4.69) is 24.1 Å². The van der Waals surface area contributed by atoms with Gasteiger partial charge in [0.15, 0.2) is 5.13 Å². The number of hydrogen-bond acceptors (Lipinski definition) is 4. The Labute approximate surface area is 133 Å². The van der Waals surface area contributed by atoms with E-state index in [9.17, 15) is 0 Å². The number of nitrogens with one attached hydrogen (secondary N) is 1. The SMILES string of the molecule is CCCNCc1sc(N2CC3CCCC3C2)nc1CCC. The quantitative estimate of drug-likeness (QED) is 0.776.